The van der Waals surface area contributed by atoms with E-state index < -0.39 is 10.1 Å². The Morgan fingerprint density at radius 2 is 0.706 bits per heavy atom. The van der Waals surface area contributed by atoms with Gasteiger partial charge in [0.15, 0.2) is 0 Å². The van der Waals surface area contributed by atoms with E-state index in [1.54, 1.807) is 0 Å². The predicted molar refractivity (Wildman–Crippen MR) is 150 cm³/mol. The van der Waals surface area contributed by atoms with Crippen molar-refractivity contribution >= 4 is 10.1 Å². The van der Waals surface area contributed by atoms with Gasteiger partial charge in [-0.3, -0.25) is 4.55 Å². The van der Waals surface area contributed by atoms with Gasteiger partial charge in [-0.25, -0.2) is 0 Å². The summed E-state index contributed by atoms with van der Waals surface area (Å²) in [5.41, 5.74) is 0. The molecule has 0 fully saturated rings. The Balaban J connectivity index is 3.81. The fourth-order valence-corrected chi connectivity index (χ4v) is 5.30. The molecule has 0 bridgehead atoms. The van der Waals surface area contributed by atoms with Crippen LogP contribution in [-0.4, -0.2) is 43.3 Å². The summed E-state index contributed by atoms with van der Waals surface area (Å²) in [6.45, 7) is 7.47. The Bertz CT molecular complexity index is 496. The molecular formula is C29H61NO3S. The monoisotopic (exact) mass is 503 g/mol. The minimum atomic E-state index is -3.84. The lowest BCUT2D eigenvalue weighted by atomic mass is 10.1. The van der Waals surface area contributed by atoms with Crippen molar-refractivity contribution in [3.05, 3.63) is 0 Å². The van der Waals surface area contributed by atoms with Crippen molar-refractivity contribution < 1.29 is 13.0 Å². The van der Waals surface area contributed by atoms with Gasteiger partial charge in [-0.15, -0.1) is 0 Å². The SMILES string of the molecule is CCCCCCCCCCCCCCN(CCCCCCCCCCCC)CCCS(=O)(=O)O. The standard InChI is InChI=1S/C29H61NO3S/c1-3-5-7-9-11-13-15-16-18-20-22-24-27-30(28-25-29-34(31,32)33)26-23-21-19-17-14-12-10-8-6-4-2/h3-29H2,1-2H3,(H,31,32,33). The fraction of sp³-hybridized carbons (Fsp3) is 1.00. The van der Waals surface area contributed by atoms with E-state index in [4.69, 9.17) is 4.55 Å². The summed E-state index contributed by atoms with van der Waals surface area (Å²) in [5, 5.41) is 0. The molecule has 0 aromatic carbocycles. The molecule has 5 heteroatoms. The topological polar surface area (TPSA) is 57.6 Å². The van der Waals surface area contributed by atoms with Gasteiger partial charge in [0.1, 0.15) is 0 Å². The van der Waals surface area contributed by atoms with Gasteiger partial charge in [-0.1, -0.05) is 142 Å². The number of hydrogen-bond acceptors (Lipinski definition) is 3. The van der Waals surface area contributed by atoms with Crippen LogP contribution in [0.1, 0.15) is 162 Å². The zero-order valence-electron chi connectivity index (χ0n) is 23.2. The van der Waals surface area contributed by atoms with Crippen molar-refractivity contribution in [3.8, 4) is 0 Å². The third-order valence-electron chi connectivity index (χ3n) is 7.03. The van der Waals surface area contributed by atoms with Gasteiger partial charge >= 0.3 is 0 Å². The van der Waals surface area contributed by atoms with Gasteiger partial charge in [0.25, 0.3) is 10.1 Å². The Kier molecular flexibility index (Phi) is 25.8. The highest BCUT2D eigenvalue weighted by Crippen LogP contribution is 2.13. The van der Waals surface area contributed by atoms with Crippen LogP contribution in [0.3, 0.4) is 0 Å². The molecule has 0 aromatic heterocycles. The van der Waals surface area contributed by atoms with Crippen molar-refractivity contribution in [1.29, 1.82) is 0 Å². The molecule has 4 nitrogen and oxygen atoms in total. The third kappa shape index (κ3) is 28.1. The van der Waals surface area contributed by atoms with Crippen molar-refractivity contribution in [2.24, 2.45) is 0 Å². The van der Waals surface area contributed by atoms with E-state index in [9.17, 15) is 8.42 Å². The molecule has 0 saturated carbocycles. The quantitative estimate of drug-likeness (QED) is 0.0853. The van der Waals surface area contributed by atoms with E-state index >= 15 is 0 Å². The van der Waals surface area contributed by atoms with Gasteiger partial charge in [0, 0.05) is 0 Å². The first-order valence-corrected chi connectivity index (χ1v) is 16.8. The molecule has 0 heterocycles. The zero-order chi connectivity index (χ0) is 25.2. The molecule has 34 heavy (non-hydrogen) atoms. The molecule has 0 aliphatic heterocycles. The summed E-state index contributed by atoms with van der Waals surface area (Å²) in [7, 11) is -3.84. The second kappa shape index (κ2) is 25.9. The number of rotatable bonds is 28. The van der Waals surface area contributed by atoms with Gasteiger partial charge in [-0.05, 0) is 38.9 Å². The molecule has 0 atom stereocenters. The minimum Gasteiger partial charge on any atom is -0.303 e. The molecule has 0 aliphatic rings. The largest absolute Gasteiger partial charge is 0.303 e. The van der Waals surface area contributed by atoms with Crippen molar-refractivity contribution in [1.82, 2.24) is 4.90 Å². The average molecular weight is 504 g/mol. The van der Waals surface area contributed by atoms with E-state index in [1.165, 1.54) is 141 Å². The van der Waals surface area contributed by atoms with Gasteiger partial charge in [0.2, 0.25) is 0 Å². The Morgan fingerprint density at radius 3 is 1.00 bits per heavy atom. The van der Waals surface area contributed by atoms with Crippen LogP contribution in [0.5, 0.6) is 0 Å². The Hall–Kier alpha value is -0.130. The number of nitrogens with zero attached hydrogens (tertiary/aromatic N) is 1. The van der Waals surface area contributed by atoms with Crippen LogP contribution in [-0.2, 0) is 10.1 Å². The molecule has 0 radical (unpaired) electrons. The van der Waals surface area contributed by atoms with Crippen molar-refractivity contribution in [2.75, 3.05) is 25.4 Å². The normalized spacial score (nSPS) is 12.1. The van der Waals surface area contributed by atoms with Crippen LogP contribution in [0.25, 0.3) is 0 Å². The second-order valence-corrected chi connectivity index (χ2v) is 12.1. The van der Waals surface area contributed by atoms with E-state index in [0.29, 0.717) is 6.42 Å². The minimum absolute atomic E-state index is 0.111. The maximum atomic E-state index is 11.1. The summed E-state index contributed by atoms with van der Waals surface area (Å²) >= 11 is 0. The van der Waals surface area contributed by atoms with Crippen LogP contribution in [0.4, 0.5) is 0 Å². The third-order valence-corrected chi connectivity index (χ3v) is 7.84. The highest BCUT2D eigenvalue weighted by atomic mass is 32.2. The molecule has 0 aliphatic carbocycles. The van der Waals surface area contributed by atoms with Crippen LogP contribution in [0, 0.1) is 0 Å². The maximum Gasteiger partial charge on any atom is 0.264 e. The predicted octanol–water partition coefficient (Wildman–Crippen LogP) is 9.19. The van der Waals surface area contributed by atoms with E-state index in [1.807, 2.05) is 0 Å². The number of unbranched alkanes of at least 4 members (excludes halogenated alkanes) is 20. The van der Waals surface area contributed by atoms with E-state index in [0.717, 1.165) is 19.6 Å². The zero-order valence-corrected chi connectivity index (χ0v) is 24.0. The summed E-state index contributed by atoms with van der Waals surface area (Å²) in [6, 6.07) is 0. The van der Waals surface area contributed by atoms with Crippen LogP contribution >= 0.6 is 0 Å². The molecule has 0 unspecified atom stereocenters. The van der Waals surface area contributed by atoms with Gasteiger partial charge in [0.05, 0.1) is 5.75 Å². The van der Waals surface area contributed by atoms with Gasteiger partial charge in [-0.2, -0.15) is 8.42 Å². The lowest BCUT2D eigenvalue weighted by Crippen LogP contribution is -2.28. The number of hydrogen-bond donors (Lipinski definition) is 1. The smallest absolute Gasteiger partial charge is 0.264 e. The first-order valence-electron chi connectivity index (χ1n) is 15.2. The fourth-order valence-electron chi connectivity index (χ4n) is 4.81. The van der Waals surface area contributed by atoms with Gasteiger partial charge < -0.3 is 4.90 Å². The van der Waals surface area contributed by atoms with Crippen molar-refractivity contribution in [2.45, 2.75) is 162 Å². The molecule has 0 saturated heterocycles. The second-order valence-electron chi connectivity index (χ2n) is 10.6. The molecule has 0 aromatic rings. The first-order chi connectivity index (χ1) is 16.5. The van der Waals surface area contributed by atoms with Crippen molar-refractivity contribution in [3.63, 3.8) is 0 Å². The summed E-state index contributed by atoms with van der Waals surface area (Å²) in [6.07, 6.45) is 30.3. The van der Waals surface area contributed by atoms with E-state index in [2.05, 4.69) is 18.7 Å². The first kappa shape index (κ1) is 33.9. The lowest BCUT2D eigenvalue weighted by Gasteiger charge is -2.22. The highest BCUT2D eigenvalue weighted by Gasteiger charge is 2.09. The Labute approximate surface area is 214 Å². The van der Waals surface area contributed by atoms with Crippen LogP contribution in [0.2, 0.25) is 0 Å². The summed E-state index contributed by atoms with van der Waals surface area (Å²) in [5.74, 6) is -0.111. The van der Waals surface area contributed by atoms with E-state index in [-0.39, 0.29) is 5.75 Å². The summed E-state index contributed by atoms with van der Waals surface area (Å²) < 4.78 is 31.2. The maximum absolute atomic E-state index is 11.1. The van der Waals surface area contributed by atoms with Crippen LogP contribution < -0.4 is 0 Å². The average Bonchev–Trinajstić information content (AvgIpc) is 2.79. The highest BCUT2D eigenvalue weighted by molar-refractivity contribution is 7.85. The lowest BCUT2D eigenvalue weighted by molar-refractivity contribution is 0.260. The molecule has 0 rings (SSSR count). The van der Waals surface area contributed by atoms with Crippen LogP contribution in [0.15, 0.2) is 0 Å². The molecule has 0 amide bonds. The summed E-state index contributed by atoms with van der Waals surface area (Å²) in [4.78, 5) is 2.44. The molecule has 1 N–H and O–H groups in total. The molecule has 0 spiro atoms. The molecular weight excluding hydrogens is 442 g/mol. The molecule has 206 valence electrons. The Morgan fingerprint density at radius 1 is 0.441 bits per heavy atom.